The van der Waals surface area contributed by atoms with E-state index in [1.165, 1.54) is 7.11 Å². The number of amides is 1. The van der Waals surface area contributed by atoms with Crippen LogP contribution >= 0.6 is 0 Å². The highest BCUT2D eigenvalue weighted by Gasteiger charge is 2.10. The molecule has 0 heterocycles. The molecule has 0 unspecified atom stereocenters. The Morgan fingerprint density at radius 1 is 1.38 bits per heavy atom. The number of ether oxygens (including phenoxy) is 2. The first-order chi connectivity index (χ1) is 7.69. The summed E-state index contributed by atoms with van der Waals surface area (Å²) >= 11 is 0. The Kier molecular flexibility index (Phi) is 4.51. The van der Waals surface area contributed by atoms with E-state index in [4.69, 9.17) is 9.47 Å². The first-order valence-corrected chi connectivity index (χ1v) is 5.04. The molecule has 1 amide bonds. The van der Waals surface area contributed by atoms with Crippen molar-refractivity contribution in [1.82, 2.24) is 0 Å². The number of hydrogen-bond donors (Lipinski definition) is 0. The fourth-order valence-corrected chi connectivity index (χ4v) is 1.27. The highest BCUT2D eigenvalue weighted by molar-refractivity contribution is 6.03. The third-order valence-electron chi connectivity index (χ3n) is 1.95. The van der Waals surface area contributed by atoms with Gasteiger partial charge >= 0.3 is 0 Å². The van der Waals surface area contributed by atoms with Gasteiger partial charge in [-0.15, -0.1) is 0 Å². The maximum absolute atomic E-state index is 11.8. The third kappa shape index (κ3) is 3.08. The fourth-order valence-electron chi connectivity index (χ4n) is 1.27. The number of carbonyl (C=O) groups is 1. The summed E-state index contributed by atoms with van der Waals surface area (Å²) in [5, 5.41) is 0. The van der Waals surface area contributed by atoms with Crippen LogP contribution in [0.4, 0.5) is 0 Å². The van der Waals surface area contributed by atoms with Gasteiger partial charge in [-0.05, 0) is 19.1 Å². The maximum atomic E-state index is 11.8. The highest BCUT2D eigenvalue weighted by atomic mass is 16.5. The van der Waals surface area contributed by atoms with Gasteiger partial charge in [0.2, 0.25) is 0 Å². The SMILES string of the molecule is CCOC(C)=NC(=O)c1ccccc1OC. The molecule has 1 aromatic carbocycles. The summed E-state index contributed by atoms with van der Waals surface area (Å²) in [5.41, 5.74) is 0.434. The van der Waals surface area contributed by atoms with Crippen molar-refractivity contribution in [3.05, 3.63) is 29.8 Å². The van der Waals surface area contributed by atoms with Crippen LogP contribution < -0.4 is 4.74 Å². The second-order valence-corrected chi connectivity index (χ2v) is 3.07. The Hall–Kier alpha value is -1.84. The minimum absolute atomic E-state index is 0.358. The summed E-state index contributed by atoms with van der Waals surface area (Å²) in [5.74, 6) is 0.516. The Morgan fingerprint density at radius 2 is 2.06 bits per heavy atom. The van der Waals surface area contributed by atoms with Gasteiger partial charge in [-0.3, -0.25) is 4.79 Å². The van der Waals surface area contributed by atoms with E-state index in [1.54, 1.807) is 31.2 Å². The number of carbonyl (C=O) groups excluding carboxylic acids is 1. The van der Waals surface area contributed by atoms with Gasteiger partial charge in [0.1, 0.15) is 5.75 Å². The number of benzene rings is 1. The van der Waals surface area contributed by atoms with Crippen molar-refractivity contribution in [3.8, 4) is 5.75 Å². The number of para-hydroxylation sites is 1. The van der Waals surface area contributed by atoms with Crippen LogP contribution in [0.3, 0.4) is 0 Å². The molecule has 0 fully saturated rings. The first kappa shape index (κ1) is 12.2. The Balaban J connectivity index is 2.92. The van der Waals surface area contributed by atoms with E-state index in [-0.39, 0.29) is 5.91 Å². The smallest absolute Gasteiger partial charge is 0.283 e. The normalized spacial score (nSPS) is 11.1. The lowest BCUT2D eigenvalue weighted by atomic mass is 10.2. The van der Waals surface area contributed by atoms with Crippen molar-refractivity contribution in [1.29, 1.82) is 0 Å². The summed E-state index contributed by atoms with van der Waals surface area (Å²) < 4.78 is 10.2. The van der Waals surface area contributed by atoms with Crippen LogP contribution in [0.25, 0.3) is 0 Å². The third-order valence-corrected chi connectivity index (χ3v) is 1.95. The minimum atomic E-state index is -0.358. The zero-order valence-electron chi connectivity index (χ0n) is 9.69. The van der Waals surface area contributed by atoms with Crippen molar-refractivity contribution >= 4 is 11.8 Å². The average Bonchev–Trinajstić information content (AvgIpc) is 2.29. The summed E-state index contributed by atoms with van der Waals surface area (Å²) in [6.07, 6.45) is 0. The van der Waals surface area contributed by atoms with Gasteiger partial charge in [0.15, 0.2) is 5.90 Å². The largest absolute Gasteiger partial charge is 0.496 e. The molecule has 4 heteroatoms. The van der Waals surface area contributed by atoms with E-state index in [9.17, 15) is 4.79 Å². The van der Waals surface area contributed by atoms with E-state index < -0.39 is 0 Å². The van der Waals surface area contributed by atoms with Crippen LogP contribution in [0.15, 0.2) is 29.3 Å². The van der Waals surface area contributed by atoms with E-state index >= 15 is 0 Å². The van der Waals surface area contributed by atoms with Gasteiger partial charge in [-0.1, -0.05) is 12.1 Å². The van der Waals surface area contributed by atoms with Crippen LogP contribution in [0.5, 0.6) is 5.75 Å². The molecule has 86 valence electrons. The lowest BCUT2D eigenvalue weighted by molar-refractivity contribution is 0.0996. The molecule has 1 rings (SSSR count). The standard InChI is InChI=1S/C12H15NO3/c1-4-16-9(2)13-12(14)10-7-5-6-8-11(10)15-3/h5-8H,4H2,1-3H3. The van der Waals surface area contributed by atoms with Gasteiger partial charge in [0.05, 0.1) is 19.3 Å². The molecule has 0 aliphatic rings. The van der Waals surface area contributed by atoms with Crippen LogP contribution in [0, 0.1) is 0 Å². The molecule has 4 nitrogen and oxygen atoms in total. The van der Waals surface area contributed by atoms with Crippen LogP contribution in [-0.4, -0.2) is 25.5 Å². The highest BCUT2D eigenvalue weighted by Crippen LogP contribution is 2.18. The van der Waals surface area contributed by atoms with Gasteiger partial charge in [-0.2, -0.15) is 4.99 Å². The molecule has 0 N–H and O–H groups in total. The predicted octanol–water partition coefficient (Wildman–Crippen LogP) is 2.29. The lowest BCUT2D eigenvalue weighted by Gasteiger charge is -2.05. The number of nitrogens with zero attached hydrogens (tertiary/aromatic N) is 1. The summed E-state index contributed by atoms with van der Waals surface area (Å²) in [7, 11) is 1.52. The molecule has 0 radical (unpaired) electrons. The van der Waals surface area contributed by atoms with E-state index in [2.05, 4.69) is 4.99 Å². The second kappa shape index (κ2) is 5.90. The van der Waals surface area contributed by atoms with Gasteiger partial charge in [-0.25, -0.2) is 0 Å². The molecule has 0 spiro atoms. The Labute approximate surface area is 94.9 Å². The maximum Gasteiger partial charge on any atom is 0.283 e. The molecular weight excluding hydrogens is 206 g/mol. The summed E-state index contributed by atoms with van der Waals surface area (Å²) in [6, 6.07) is 6.96. The van der Waals surface area contributed by atoms with E-state index in [0.29, 0.717) is 23.8 Å². The molecule has 0 aliphatic carbocycles. The summed E-state index contributed by atoms with van der Waals surface area (Å²) in [6.45, 7) is 3.98. The predicted molar refractivity (Wildman–Crippen MR) is 62.1 cm³/mol. The van der Waals surface area contributed by atoms with Crippen LogP contribution in [0.1, 0.15) is 24.2 Å². The fraction of sp³-hybridized carbons (Fsp3) is 0.333. The van der Waals surface area contributed by atoms with Crippen molar-refractivity contribution in [2.24, 2.45) is 4.99 Å². The minimum Gasteiger partial charge on any atom is -0.496 e. The molecule has 0 saturated carbocycles. The van der Waals surface area contributed by atoms with Crippen molar-refractivity contribution < 1.29 is 14.3 Å². The van der Waals surface area contributed by atoms with Crippen LogP contribution in [0.2, 0.25) is 0 Å². The number of methoxy groups -OCH3 is 1. The molecular formula is C12H15NO3. The molecule has 0 aliphatic heterocycles. The zero-order valence-corrected chi connectivity index (χ0v) is 9.69. The van der Waals surface area contributed by atoms with Crippen molar-refractivity contribution in [3.63, 3.8) is 0 Å². The average molecular weight is 221 g/mol. The van der Waals surface area contributed by atoms with Gasteiger partial charge < -0.3 is 9.47 Å². The lowest BCUT2D eigenvalue weighted by Crippen LogP contribution is -2.05. The summed E-state index contributed by atoms with van der Waals surface area (Å²) in [4.78, 5) is 15.6. The number of hydrogen-bond acceptors (Lipinski definition) is 3. The van der Waals surface area contributed by atoms with Crippen LogP contribution in [-0.2, 0) is 4.74 Å². The van der Waals surface area contributed by atoms with E-state index in [1.807, 2.05) is 6.92 Å². The topological polar surface area (TPSA) is 47.9 Å². The van der Waals surface area contributed by atoms with E-state index in [0.717, 1.165) is 0 Å². The molecule has 0 saturated heterocycles. The van der Waals surface area contributed by atoms with Crippen molar-refractivity contribution in [2.75, 3.05) is 13.7 Å². The van der Waals surface area contributed by atoms with Gasteiger partial charge in [0, 0.05) is 6.92 Å². The molecule has 0 atom stereocenters. The first-order valence-electron chi connectivity index (χ1n) is 5.04. The Morgan fingerprint density at radius 3 is 2.69 bits per heavy atom. The monoisotopic (exact) mass is 221 g/mol. The zero-order chi connectivity index (χ0) is 12.0. The molecule has 0 aromatic heterocycles. The molecule has 0 bridgehead atoms. The second-order valence-electron chi connectivity index (χ2n) is 3.07. The molecule has 16 heavy (non-hydrogen) atoms. The quantitative estimate of drug-likeness (QED) is 0.581. The number of aliphatic imine (C=N–C) groups is 1. The molecule has 1 aromatic rings. The van der Waals surface area contributed by atoms with Gasteiger partial charge in [0.25, 0.3) is 5.91 Å². The number of rotatable bonds is 3. The van der Waals surface area contributed by atoms with Crippen molar-refractivity contribution in [2.45, 2.75) is 13.8 Å². The Bertz CT molecular complexity index is 399.